The van der Waals surface area contributed by atoms with Crippen molar-refractivity contribution in [1.29, 1.82) is 0 Å². The second-order valence-corrected chi connectivity index (χ2v) is 13.6. The van der Waals surface area contributed by atoms with Crippen LogP contribution in [0, 0.1) is 5.21 Å². The molecule has 46 heavy (non-hydrogen) atoms. The van der Waals surface area contributed by atoms with Crippen molar-refractivity contribution in [2.75, 3.05) is 59.0 Å². The molecule has 240 valence electrons. The van der Waals surface area contributed by atoms with Crippen LogP contribution in [0.2, 0.25) is 5.02 Å². The summed E-state index contributed by atoms with van der Waals surface area (Å²) in [6.07, 6.45) is 3.36. The van der Waals surface area contributed by atoms with E-state index >= 15 is 0 Å². The molecule has 2 aliphatic heterocycles. The van der Waals surface area contributed by atoms with Crippen molar-refractivity contribution in [1.82, 2.24) is 24.2 Å². The maximum absolute atomic E-state index is 13.9. The molecule has 3 aromatic carbocycles. The summed E-state index contributed by atoms with van der Waals surface area (Å²) in [5.74, 6) is -1.32. The predicted octanol–water partition coefficient (Wildman–Crippen LogP) is 3.73. The molecular formula is C33H33ClN5O6S-. The van der Waals surface area contributed by atoms with Gasteiger partial charge in [-0.05, 0) is 70.4 Å². The lowest BCUT2D eigenvalue weighted by atomic mass is 10.0. The Kier molecular flexibility index (Phi) is 9.64. The van der Waals surface area contributed by atoms with Crippen molar-refractivity contribution in [2.24, 2.45) is 0 Å². The highest BCUT2D eigenvalue weighted by atomic mass is 35.5. The smallest absolute Gasteiger partial charge is 0.254 e. The normalized spacial score (nSPS) is 18.0. The van der Waals surface area contributed by atoms with Crippen LogP contribution in [0.15, 0.2) is 90.1 Å². The molecular weight excluding hydrogens is 630 g/mol. The number of carbonyl (C=O) groups is 2. The highest BCUT2D eigenvalue weighted by molar-refractivity contribution is 7.89. The Bertz CT molecular complexity index is 1820. The van der Waals surface area contributed by atoms with Crippen LogP contribution in [0.4, 0.5) is 0 Å². The van der Waals surface area contributed by atoms with E-state index in [4.69, 9.17) is 16.3 Å². The molecule has 1 atom stereocenters. The minimum absolute atomic E-state index is 0.0434. The maximum Gasteiger partial charge on any atom is 0.254 e. The zero-order chi connectivity index (χ0) is 32.3. The summed E-state index contributed by atoms with van der Waals surface area (Å²) in [5.41, 5.74) is 2.14. The Hall–Kier alpha value is -3.91. The molecule has 11 nitrogen and oxygen atoms in total. The minimum atomic E-state index is -4.07. The van der Waals surface area contributed by atoms with Crippen LogP contribution in [0.5, 0.6) is 0 Å². The summed E-state index contributed by atoms with van der Waals surface area (Å²) in [6.45, 7) is 2.16. The van der Waals surface area contributed by atoms with Crippen LogP contribution in [-0.4, -0.2) is 109 Å². The fourth-order valence-electron chi connectivity index (χ4n) is 5.78. The Morgan fingerprint density at radius 1 is 0.891 bits per heavy atom. The molecule has 1 unspecified atom stereocenters. The number of carbonyl (C=O) groups excluding carboxylic acids is 2. The van der Waals surface area contributed by atoms with Gasteiger partial charge in [0.2, 0.25) is 15.9 Å². The molecule has 0 bridgehead atoms. The second-order valence-electron chi connectivity index (χ2n) is 11.2. The number of benzene rings is 3. The quantitative estimate of drug-likeness (QED) is 0.261. The zero-order valence-corrected chi connectivity index (χ0v) is 26.6. The van der Waals surface area contributed by atoms with Crippen molar-refractivity contribution in [3.8, 4) is 11.1 Å². The number of fused-ring (bicyclic) bond motifs is 1. The maximum atomic E-state index is 13.9. The number of halogens is 1. The number of amides is 2. The van der Waals surface area contributed by atoms with E-state index in [0.29, 0.717) is 53.9 Å². The van der Waals surface area contributed by atoms with E-state index in [0.717, 1.165) is 16.5 Å². The Balaban J connectivity index is 1.25. The van der Waals surface area contributed by atoms with Gasteiger partial charge in [0, 0.05) is 68.8 Å². The lowest BCUT2D eigenvalue weighted by Gasteiger charge is -2.43. The Morgan fingerprint density at radius 3 is 2.30 bits per heavy atom. The molecule has 2 amide bonds. The van der Waals surface area contributed by atoms with E-state index in [-0.39, 0.29) is 31.1 Å². The SMILES string of the molecule is O=C(C1CN(S(=O)(=O)c2ccc3cc(Cl)ccc3c2)CCN1C(=O)c1ccc(-c2ccncc2)cc1)N([O-])CCN1CCOCC1. The highest BCUT2D eigenvalue weighted by Crippen LogP contribution is 2.27. The van der Waals surface area contributed by atoms with E-state index < -0.39 is 27.9 Å². The van der Waals surface area contributed by atoms with Gasteiger partial charge in [-0.2, -0.15) is 4.31 Å². The third kappa shape index (κ3) is 6.92. The van der Waals surface area contributed by atoms with E-state index in [2.05, 4.69) is 4.98 Å². The van der Waals surface area contributed by atoms with E-state index in [9.17, 15) is 23.2 Å². The fourth-order valence-corrected chi connectivity index (χ4v) is 7.44. The molecule has 2 aliphatic rings. The molecule has 13 heteroatoms. The first kappa shape index (κ1) is 32.0. The summed E-state index contributed by atoms with van der Waals surface area (Å²) >= 11 is 6.10. The molecule has 0 saturated carbocycles. The number of pyridine rings is 1. The van der Waals surface area contributed by atoms with Crippen molar-refractivity contribution < 1.29 is 22.7 Å². The first-order valence-corrected chi connectivity index (χ1v) is 16.8. The van der Waals surface area contributed by atoms with Gasteiger partial charge >= 0.3 is 0 Å². The lowest BCUT2D eigenvalue weighted by Crippen LogP contribution is -2.61. The van der Waals surface area contributed by atoms with Crippen molar-refractivity contribution >= 4 is 44.2 Å². The summed E-state index contributed by atoms with van der Waals surface area (Å²) in [7, 11) is -4.07. The topological polar surface area (TPSA) is 126 Å². The third-order valence-electron chi connectivity index (χ3n) is 8.41. The highest BCUT2D eigenvalue weighted by Gasteiger charge is 2.40. The molecule has 6 rings (SSSR count). The van der Waals surface area contributed by atoms with Crippen molar-refractivity contribution in [3.05, 3.63) is 101 Å². The monoisotopic (exact) mass is 662 g/mol. The first-order chi connectivity index (χ1) is 22.2. The molecule has 0 radical (unpaired) electrons. The Morgan fingerprint density at radius 2 is 1.57 bits per heavy atom. The van der Waals surface area contributed by atoms with Gasteiger partial charge in [-0.15, -0.1) is 0 Å². The van der Waals surface area contributed by atoms with Crippen LogP contribution >= 0.6 is 11.6 Å². The molecule has 4 aromatic rings. The number of hydrogen-bond donors (Lipinski definition) is 0. The summed E-state index contributed by atoms with van der Waals surface area (Å²) < 4.78 is 34.3. The second kappa shape index (κ2) is 13.8. The standard InChI is InChI=1S/C33H33ClN5O6S/c34-29-7-5-28-22-30(8-6-27(28)21-29)46(43,44)37-14-15-38(31(23-37)33(41)39(42)16-13-36-17-19-45-20-18-36)32(40)26-3-1-24(2-4-26)25-9-11-35-12-10-25/h1-12,21-22,31H,13-20,23H2/q-1. The van der Waals surface area contributed by atoms with Crippen molar-refractivity contribution in [2.45, 2.75) is 10.9 Å². The van der Waals surface area contributed by atoms with Crippen LogP contribution in [0.1, 0.15) is 10.4 Å². The summed E-state index contributed by atoms with van der Waals surface area (Å²) in [6, 6.07) is 19.2. The van der Waals surface area contributed by atoms with Gasteiger partial charge in [0.15, 0.2) is 0 Å². The minimum Gasteiger partial charge on any atom is -0.756 e. The van der Waals surface area contributed by atoms with Crippen LogP contribution < -0.4 is 0 Å². The molecule has 1 aromatic heterocycles. The molecule has 2 fully saturated rings. The predicted molar refractivity (Wildman–Crippen MR) is 175 cm³/mol. The van der Waals surface area contributed by atoms with E-state index in [1.807, 2.05) is 17.0 Å². The summed E-state index contributed by atoms with van der Waals surface area (Å²) in [5, 5.41) is 15.5. The average molecular weight is 663 g/mol. The van der Waals surface area contributed by atoms with Gasteiger partial charge in [-0.25, -0.2) is 8.42 Å². The molecule has 0 aliphatic carbocycles. The van der Waals surface area contributed by atoms with Gasteiger partial charge < -0.3 is 19.9 Å². The summed E-state index contributed by atoms with van der Waals surface area (Å²) in [4.78, 5) is 35.0. The van der Waals surface area contributed by atoms with Gasteiger partial charge in [0.25, 0.3) is 5.91 Å². The van der Waals surface area contributed by atoms with Gasteiger partial charge in [-0.1, -0.05) is 35.9 Å². The van der Waals surface area contributed by atoms with Gasteiger partial charge in [0.05, 0.1) is 18.1 Å². The van der Waals surface area contributed by atoms with E-state index in [1.165, 1.54) is 15.3 Å². The van der Waals surface area contributed by atoms with Crippen LogP contribution in [0.25, 0.3) is 21.9 Å². The van der Waals surface area contributed by atoms with Gasteiger partial charge in [0.1, 0.15) is 6.04 Å². The first-order valence-electron chi connectivity index (χ1n) is 15.0. The number of ether oxygens (including phenoxy) is 1. The number of hydroxylamine groups is 2. The average Bonchev–Trinajstić information content (AvgIpc) is 3.10. The molecule has 2 saturated heterocycles. The van der Waals surface area contributed by atoms with Crippen molar-refractivity contribution in [3.63, 3.8) is 0 Å². The van der Waals surface area contributed by atoms with Gasteiger partial charge in [-0.3, -0.25) is 19.5 Å². The van der Waals surface area contributed by atoms with Crippen LogP contribution in [0.3, 0.4) is 0 Å². The number of piperazine rings is 1. The Labute approximate surface area is 272 Å². The lowest BCUT2D eigenvalue weighted by molar-refractivity contribution is -0.135. The number of rotatable bonds is 8. The van der Waals surface area contributed by atoms with Crippen LogP contribution in [-0.2, 0) is 19.6 Å². The zero-order valence-electron chi connectivity index (χ0n) is 25.0. The third-order valence-corrected chi connectivity index (χ3v) is 10.5. The van der Waals surface area contributed by atoms with E-state index in [1.54, 1.807) is 67.0 Å². The number of nitrogens with zero attached hydrogens (tertiary/aromatic N) is 5. The number of hydrogen-bond acceptors (Lipinski definition) is 8. The number of sulfonamides is 1. The molecule has 3 heterocycles. The molecule has 0 N–H and O–H groups in total. The largest absolute Gasteiger partial charge is 0.756 e. The molecule has 0 spiro atoms. The number of morpholine rings is 1. The number of aromatic nitrogens is 1. The fraction of sp³-hybridized carbons (Fsp3) is 0.303.